The van der Waals surface area contributed by atoms with Gasteiger partial charge in [0.2, 0.25) is 0 Å². The van der Waals surface area contributed by atoms with Crippen LogP contribution in [-0.2, 0) is 11.8 Å². The van der Waals surface area contributed by atoms with Crippen molar-refractivity contribution in [3.8, 4) is 11.5 Å². The molecule has 4 nitrogen and oxygen atoms in total. The Bertz CT molecular complexity index is 721. The average molecular weight is 422 g/mol. The van der Waals surface area contributed by atoms with Gasteiger partial charge in [0, 0.05) is 12.1 Å². The summed E-state index contributed by atoms with van der Waals surface area (Å²) in [6, 6.07) is 16.2. The second kappa shape index (κ2) is 10.9. The molecule has 0 bridgehead atoms. The maximum absolute atomic E-state index is 10.3. The van der Waals surface area contributed by atoms with Crippen LogP contribution in [-0.4, -0.2) is 37.0 Å². The van der Waals surface area contributed by atoms with E-state index in [-0.39, 0.29) is 30.0 Å². The molecule has 0 aliphatic carbocycles. The fraction of sp³-hybridized carbons (Fsp3) is 0.500. The molecule has 162 valence electrons. The highest BCUT2D eigenvalue weighted by Gasteiger charge is 2.20. The second-order valence-corrected chi connectivity index (χ2v) is 9.03. The molecule has 29 heavy (non-hydrogen) atoms. The van der Waals surface area contributed by atoms with Crippen molar-refractivity contribution in [2.24, 2.45) is 0 Å². The van der Waals surface area contributed by atoms with Gasteiger partial charge in [-0.05, 0) is 61.1 Å². The Morgan fingerprint density at radius 3 is 1.97 bits per heavy atom. The van der Waals surface area contributed by atoms with Gasteiger partial charge in [-0.3, -0.25) is 0 Å². The van der Waals surface area contributed by atoms with Crippen LogP contribution in [0.4, 0.5) is 0 Å². The molecule has 2 rings (SSSR count). The third-order valence-corrected chi connectivity index (χ3v) is 4.78. The van der Waals surface area contributed by atoms with Crippen LogP contribution < -0.4 is 14.8 Å². The summed E-state index contributed by atoms with van der Waals surface area (Å²) in [7, 11) is 1.67. The Balaban J connectivity index is 0.00000420. The zero-order valence-corrected chi connectivity index (χ0v) is 19.3. The number of nitrogens with one attached hydrogen (secondary N) is 1. The number of β-amino-alcohol motifs (C(OH)–C–C–N with tert-alkyl or cyclic N) is 1. The summed E-state index contributed by atoms with van der Waals surface area (Å²) >= 11 is 0. The molecule has 0 amide bonds. The van der Waals surface area contributed by atoms with Crippen molar-refractivity contribution in [1.82, 2.24) is 5.32 Å². The molecule has 2 aromatic rings. The Morgan fingerprint density at radius 2 is 1.45 bits per heavy atom. The van der Waals surface area contributed by atoms with Gasteiger partial charge in [-0.2, -0.15) is 0 Å². The largest absolute Gasteiger partial charge is 0.497 e. The smallest absolute Gasteiger partial charge is 0.119 e. The fourth-order valence-electron chi connectivity index (χ4n) is 3.01. The lowest BCUT2D eigenvalue weighted by atomic mass is 9.87. The van der Waals surface area contributed by atoms with E-state index in [1.807, 2.05) is 24.3 Å². The first-order valence-corrected chi connectivity index (χ1v) is 9.88. The van der Waals surface area contributed by atoms with E-state index in [2.05, 4.69) is 64.2 Å². The van der Waals surface area contributed by atoms with Gasteiger partial charge in [-0.15, -0.1) is 12.4 Å². The summed E-state index contributed by atoms with van der Waals surface area (Å²) in [5.74, 6) is 1.64. The Morgan fingerprint density at radius 1 is 0.897 bits per heavy atom. The SMILES string of the molecule is COc1ccc(CC(C)(C)NCC(O)COc2ccc(C(C)(C)C)cc2)cc1.Cl. The number of aliphatic hydroxyl groups excluding tert-OH is 1. The van der Waals surface area contributed by atoms with Crippen molar-refractivity contribution in [1.29, 1.82) is 0 Å². The monoisotopic (exact) mass is 421 g/mol. The molecule has 0 saturated heterocycles. The van der Waals surface area contributed by atoms with Gasteiger partial charge in [0.05, 0.1) is 7.11 Å². The van der Waals surface area contributed by atoms with E-state index < -0.39 is 6.10 Å². The van der Waals surface area contributed by atoms with E-state index in [1.165, 1.54) is 11.1 Å². The molecule has 2 aromatic carbocycles. The Kier molecular flexibility index (Phi) is 9.47. The molecule has 1 unspecified atom stereocenters. The number of ether oxygens (including phenoxy) is 2. The van der Waals surface area contributed by atoms with Crippen molar-refractivity contribution in [3.05, 3.63) is 59.7 Å². The minimum atomic E-state index is -0.572. The van der Waals surface area contributed by atoms with Crippen molar-refractivity contribution in [2.75, 3.05) is 20.3 Å². The van der Waals surface area contributed by atoms with Crippen molar-refractivity contribution < 1.29 is 14.6 Å². The number of hydrogen-bond donors (Lipinski definition) is 2. The van der Waals surface area contributed by atoms with Crippen LogP contribution in [0, 0.1) is 0 Å². The zero-order valence-electron chi connectivity index (χ0n) is 18.5. The molecule has 2 N–H and O–H groups in total. The highest BCUT2D eigenvalue weighted by atomic mass is 35.5. The van der Waals surface area contributed by atoms with Gasteiger partial charge in [-0.1, -0.05) is 45.0 Å². The lowest BCUT2D eigenvalue weighted by molar-refractivity contribution is 0.0988. The van der Waals surface area contributed by atoms with Crippen LogP contribution >= 0.6 is 12.4 Å². The molecule has 5 heteroatoms. The summed E-state index contributed by atoms with van der Waals surface area (Å²) in [6.45, 7) is 11.6. The van der Waals surface area contributed by atoms with E-state index in [1.54, 1.807) is 7.11 Å². The number of methoxy groups -OCH3 is 1. The van der Waals surface area contributed by atoms with Crippen LogP contribution in [0.1, 0.15) is 45.7 Å². The van der Waals surface area contributed by atoms with E-state index >= 15 is 0 Å². The standard InChI is InChI=1S/C24H35NO3.ClH/c1-23(2,3)19-9-13-22(14-10-19)28-17-20(26)16-25-24(4,5)15-18-7-11-21(27-6)12-8-18;/h7-14,20,25-26H,15-17H2,1-6H3;1H. The predicted molar refractivity (Wildman–Crippen MR) is 123 cm³/mol. The second-order valence-electron chi connectivity index (χ2n) is 9.03. The van der Waals surface area contributed by atoms with Crippen molar-refractivity contribution in [2.45, 2.75) is 58.1 Å². The normalized spacial score (nSPS) is 12.8. The molecule has 0 aromatic heterocycles. The molecule has 0 spiro atoms. The number of hydrogen-bond acceptors (Lipinski definition) is 4. The predicted octanol–water partition coefficient (Wildman–Crippen LogP) is 4.77. The summed E-state index contributed by atoms with van der Waals surface area (Å²) in [6.07, 6.45) is 0.288. The lowest BCUT2D eigenvalue weighted by Crippen LogP contribution is -2.46. The summed E-state index contributed by atoms with van der Waals surface area (Å²) in [5, 5.41) is 13.7. The summed E-state index contributed by atoms with van der Waals surface area (Å²) in [5.41, 5.74) is 2.48. The summed E-state index contributed by atoms with van der Waals surface area (Å²) in [4.78, 5) is 0. The lowest BCUT2D eigenvalue weighted by Gasteiger charge is -2.28. The first-order valence-electron chi connectivity index (χ1n) is 9.88. The topological polar surface area (TPSA) is 50.7 Å². The van der Waals surface area contributed by atoms with E-state index in [0.717, 1.165) is 17.9 Å². The molecule has 0 saturated carbocycles. The third kappa shape index (κ3) is 8.65. The highest BCUT2D eigenvalue weighted by molar-refractivity contribution is 5.85. The van der Waals surface area contributed by atoms with Gasteiger partial charge in [0.25, 0.3) is 0 Å². The highest BCUT2D eigenvalue weighted by Crippen LogP contribution is 2.24. The molecule has 0 aliphatic rings. The van der Waals surface area contributed by atoms with Crippen LogP contribution in [0.2, 0.25) is 0 Å². The van der Waals surface area contributed by atoms with Gasteiger partial charge in [-0.25, -0.2) is 0 Å². The van der Waals surface area contributed by atoms with Crippen LogP contribution in [0.5, 0.6) is 11.5 Å². The van der Waals surface area contributed by atoms with Gasteiger partial charge < -0.3 is 19.9 Å². The van der Waals surface area contributed by atoms with Gasteiger partial charge >= 0.3 is 0 Å². The molecule has 0 radical (unpaired) electrons. The minimum absolute atomic E-state index is 0. The molecular formula is C24H36ClNO3. The fourth-order valence-corrected chi connectivity index (χ4v) is 3.01. The molecule has 1 atom stereocenters. The molecule has 0 heterocycles. The van der Waals surface area contributed by atoms with Gasteiger partial charge in [0.1, 0.15) is 24.2 Å². The first kappa shape index (κ1) is 25.3. The zero-order chi connectivity index (χ0) is 20.8. The number of benzene rings is 2. The van der Waals surface area contributed by atoms with Crippen LogP contribution in [0.15, 0.2) is 48.5 Å². The Labute approximate surface area is 182 Å². The average Bonchev–Trinajstić information content (AvgIpc) is 2.65. The number of halogens is 1. The number of rotatable bonds is 9. The van der Waals surface area contributed by atoms with E-state index in [9.17, 15) is 5.11 Å². The number of aliphatic hydroxyl groups is 1. The van der Waals surface area contributed by atoms with E-state index in [4.69, 9.17) is 9.47 Å². The maximum Gasteiger partial charge on any atom is 0.119 e. The first-order chi connectivity index (χ1) is 13.1. The van der Waals surface area contributed by atoms with Crippen LogP contribution in [0.3, 0.4) is 0 Å². The molecule has 0 aliphatic heterocycles. The van der Waals surface area contributed by atoms with Crippen molar-refractivity contribution in [3.63, 3.8) is 0 Å². The van der Waals surface area contributed by atoms with Gasteiger partial charge in [0.15, 0.2) is 0 Å². The maximum atomic E-state index is 10.3. The Hall–Kier alpha value is -1.75. The van der Waals surface area contributed by atoms with Crippen LogP contribution in [0.25, 0.3) is 0 Å². The minimum Gasteiger partial charge on any atom is -0.497 e. The summed E-state index contributed by atoms with van der Waals surface area (Å²) < 4.78 is 10.9. The third-order valence-electron chi connectivity index (χ3n) is 4.78. The van der Waals surface area contributed by atoms with E-state index in [0.29, 0.717) is 6.54 Å². The molecular weight excluding hydrogens is 386 g/mol. The molecule has 0 fully saturated rings. The quantitative estimate of drug-likeness (QED) is 0.612. The van der Waals surface area contributed by atoms with Crippen molar-refractivity contribution >= 4 is 12.4 Å².